The van der Waals surface area contributed by atoms with Crippen molar-refractivity contribution in [3.8, 4) is 0 Å². The van der Waals surface area contributed by atoms with Crippen LogP contribution in [-0.4, -0.2) is 28.4 Å². The van der Waals surface area contributed by atoms with E-state index in [4.69, 9.17) is 9.52 Å². The number of likely N-dealkylation sites (tertiary alicyclic amines) is 1. The molecule has 1 aromatic heterocycles. The summed E-state index contributed by atoms with van der Waals surface area (Å²) in [5.41, 5.74) is 0.146. The summed E-state index contributed by atoms with van der Waals surface area (Å²) < 4.78 is 5.22. The van der Waals surface area contributed by atoms with Crippen LogP contribution in [0, 0.1) is 5.92 Å². The highest BCUT2D eigenvalue weighted by Gasteiger charge is 2.24. The largest absolute Gasteiger partial charge is 0.478 e. The second-order valence-corrected chi connectivity index (χ2v) is 5.36. The van der Waals surface area contributed by atoms with Gasteiger partial charge in [0, 0.05) is 13.0 Å². The van der Waals surface area contributed by atoms with E-state index in [-0.39, 0.29) is 18.0 Å². The number of amides is 1. The van der Waals surface area contributed by atoms with Crippen LogP contribution in [0.2, 0.25) is 0 Å². The lowest BCUT2D eigenvalue weighted by Crippen LogP contribution is -2.30. The molecule has 1 aromatic rings. The van der Waals surface area contributed by atoms with Gasteiger partial charge in [0.05, 0.1) is 12.8 Å². The molecule has 1 fully saturated rings. The molecule has 110 valence electrons. The molecule has 20 heavy (non-hydrogen) atoms. The van der Waals surface area contributed by atoms with Crippen molar-refractivity contribution < 1.29 is 19.1 Å². The van der Waals surface area contributed by atoms with Crippen LogP contribution in [0.15, 0.2) is 16.7 Å². The maximum absolute atomic E-state index is 12.1. The Kier molecular flexibility index (Phi) is 4.82. The first-order chi connectivity index (χ1) is 9.61. The number of hydrogen-bond donors (Lipinski definition) is 1. The third kappa shape index (κ3) is 3.40. The first-order valence-electron chi connectivity index (χ1n) is 7.19. The van der Waals surface area contributed by atoms with Gasteiger partial charge in [-0.05, 0) is 24.8 Å². The predicted octanol–water partition coefficient (Wildman–Crippen LogP) is 2.91. The van der Waals surface area contributed by atoms with Crippen molar-refractivity contribution in [2.75, 3.05) is 6.54 Å². The number of rotatable bonds is 5. The van der Waals surface area contributed by atoms with Crippen LogP contribution in [0.4, 0.5) is 0 Å². The lowest BCUT2D eigenvalue weighted by molar-refractivity contribution is -0.131. The van der Waals surface area contributed by atoms with Crippen LogP contribution in [0.25, 0.3) is 0 Å². The average molecular weight is 279 g/mol. The van der Waals surface area contributed by atoms with E-state index in [1.807, 2.05) is 0 Å². The van der Waals surface area contributed by atoms with Crippen LogP contribution in [0.5, 0.6) is 0 Å². The number of carbonyl (C=O) groups is 2. The van der Waals surface area contributed by atoms with E-state index in [1.54, 1.807) is 4.90 Å². The predicted molar refractivity (Wildman–Crippen MR) is 73.3 cm³/mol. The van der Waals surface area contributed by atoms with E-state index >= 15 is 0 Å². The Balaban J connectivity index is 2.03. The second kappa shape index (κ2) is 6.59. The Morgan fingerprint density at radius 1 is 1.50 bits per heavy atom. The standard InChI is InChI=1S/C15H21NO4/c1-2-3-11-4-5-14(17)16(8-6-11)10-13-12(15(18)19)7-9-20-13/h7,9,11H,2-6,8,10H2,1H3,(H,18,19). The third-order valence-electron chi connectivity index (χ3n) is 3.93. The SMILES string of the molecule is CCCC1CCC(=O)N(Cc2occc2C(=O)O)CC1. The fourth-order valence-electron chi connectivity index (χ4n) is 2.78. The van der Waals surface area contributed by atoms with Crippen molar-refractivity contribution in [1.82, 2.24) is 4.90 Å². The number of furan rings is 1. The molecular formula is C15H21NO4. The smallest absolute Gasteiger partial charge is 0.339 e. The molecule has 1 aliphatic heterocycles. The molecule has 2 heterocycles. The maximum atomic E-state index is 12.1. The monoisotopic (exact) mass is 279 g/mol. The van der Waals surface area contributed by atoms with Crippen molar-refractivity contribution in [3.63, 3.8) is 0 Å². The Morgan fingerprint density at radius 3 is 3.00 bits per heavy atom. The molecule has 1 unspecified atom stereocenters. The zero-order valence-electron chi connectivity index (χ0n) is 11.8. The van der Waals surface area contributed by atoms with Gasteiger partial charge in [0.1, 0.15) is 11.3 Å². The number of carbonyl (C=O) groups excluding carboxylic acids is 1. The number of carboxylic acid groups (broad SMARTS) is 1. The molecular weight excluding hydrogens is 258 g/mol. The molecule has 5 heteroatoms. The fourth-order valence-corrected chi connectivity index (χ4v) is 2.78. The highest BCUT2D eigenvalue weighted by Crippen LogP contribution is 2.24. The summed E-state index contributed by atoms with van der Waals surface area (Å²) in [5.74, 6) is 0.0421. The van der Waals surface area contributed by atoms with Gasteiger partial charge in [-0.15, -0.1) is 0 Å². The minimum atomic E-state index is -1.01. The molecule has 0 aromatic carbocycles. The molecule has 0 spiro atoms. The van der Waals surface area contributed by atoms with Crippen LogP contribution < -0.4 is 0 Å². The summed E-state index contributed by atoms with van der Waals surface area (Å²) in [6.07, 6.45) is 6.13. The van der Waals surface area contributed by atoms with E-state index in [2.05, 4.69) is 6.92 Å². The Bertz CT molecular complexity index is 480. The fraction of sp³-hybridized carbons (Fsp3) is 0.600. The minimum absolute atomic E-state index is 0.0938. The summed E-state index contributed by atoms with van der Waals surface area (Å²) in [5, 5.41) is 9.05. The summed E-state index contributed by atoms with van der Waals surface area (Å²) in [6, 6.07) is 1.43. The molecule has 0 saturated carbocycles. The van der Waals surface area contributed by atoms with Crippen LogP contribution in [0.3, 0.4) is 0 Å². The zero-order chi connectivity index (χ0) is 14.5. The quantitative estimate of drug-likeness (QED) is 0.899. The highest BCUT2D eigenvalue weighted by atomic mass is 16.4. The van der Waals surface area contributed by atoms with Gasteiger partial charge < -0.3 is 14.4 Å². The zero-order valence-corrected chi connectivity index (χ0v) is 11.8. The molecule has 1 saturated heterocycles. The molecule has 5 nitrogen and oxygen atoms in total. The lowest BCUT2D eigenvalue weighted by Gasteiger charge is -2.20. The van der Waals surface area contributed by atoms with Gasteiger partial charge in [-0.25, -0.2) is 4.79 Å². The summed E-state index contributed by atoms with van der Waals surface area (Å²) in [4.78, 5) is 24.9. The van der Waals surface area contributed by atoms with Crippen molar-refractivity contribution in [2.24, 2.45) is 5.92 Å². The minimum Gasteiger partial charge on any atom is -0.478 e. The topological polar surface area (TPSA) is 70.8 Å². The van der Waals surface area contributed by atoms with Gasteiger partial charge in [-0.2, -0.15) is 0 Å². The Hall–Kier alpha value is -1.78. The maximum Gasteiger partial charge on any atom is 0.339 e. The van der Waals surface area contributed by atoms with Crippen molar-refractivity contribution >= 4 is 11.9 Å². The molecule has 0 aliphatic carbocycles. The molecule has 0 radical (unpaired) electrons. The Labute approximate surface area is 118 Å². The van der Waals surface area contributed by atoms with Crippen molar-refractivity contribution in [1.29, 1.82) is 0 Å². The first-order valence-corrected chi connectivity index (χ1v) is 7.19. The van der Waals surface area contributed by atoms with E-state index in [0.29, 0.717) is 24.6 Å². The molecule has 1 atom stereocenters. The van der Waals surface area contributed by atoms with Gasteiger partial charge in [-0.1, -0.05) is 19.8 Å². The summed E-state index contributed by atoms with van der Waals surface area (Å²) in [7, 11) is 0. The van der Waals surface area contributed by atoms with Gasteiger partial charge >= 0.3 is 5.97 Å². The third-order valence-corrected chi connectivity index (χ3v) is 3.93. The molecule has 1 amide bonds. The van der Waals surface area contributed by atoms with Gasteiger partial charge in [0.25, 0.3) is 0 Å². The summed E-state index contributed by atoms with van der Waals surface area (Å²) in [6.45, 7) is 3.10. The van der Waals surface area contributed by atoms with E-state index in [0.717, 1.165) is 25.7 Å². The number of nitrogens with zero attached hydrogens (tertiary/aromatic N) is 1. The number of hydrogen-bond acceptors (Lipinski definition) is 3. The van der Waals surface area contributed by atoms with E-state index < -0.39 is 5.97 Å². The van der Waals surface area contributed by atoms with Gasteiger partial charge in [0.15, 0.2) is 0 Å². The van der Waals surface area contributed by atoms with Gasteiger partial charge in [0.2, 0.25) is 5.91 Å². The van der Waals surface area contributed by atoms with Crippen LogP contribution in [-0.2, 0) is 11.3 Å². The van der Waals surface area contributed by atoms with E-state index in [9.17, 15) is 9.59 Å². The normalized spacial score (nSPS) is 19.9. The average Bonchev–Trinajstić information content (AvgIpc) is 2.81. The summed E-state index contributed by atoms with van der Waals surface area (Å²) >= 11 is 0. The second-order valence-electron chi connectivity index (χ2n) is 5.36. The lowest BCUT2D eigenvalue weighted by atomic mass is 9.96. The molecule has 1 aliphatic rings. The molecule has 1 N–H and O–H groups in total. The molecule has 0 bridgehead atoms. The van der Waals surface area contributed by atoms with E-state index in [1.165, 1.54) is 12.3 Å². The number of aromatic carboxylic acids is 1. The van der Waals surface area contributed by atoms with Crippen molar-refractivity contribution in [3.05, 3.63) is 23.7 Å². The van der Waals surface area contributed by atoms with Crippen molar-refractivity contribution in [2.45, 2.75) is 45.6 Å². The highest BCUT2D eigenvalue weighted by molar-refractivity contribution is 5.88. The molecule has 2 rings (SSSR count). The first kappa shape index (κ1) is 14.6. The van der Waals surface area contributed by atoms with Gasteiger partial charge in [-0.3, -0.25) is 4.79 Å². The van der Waals surface area contributed by atoms with Crippen LogP contribution in [0.1, 0.15) is 55.1 Å². The van der Waals surface area contributed by atoms with Crippen LogP contribution >= 0.6 is 0 Å². The number of carboxylic acids is 1. The Morgan fingerprint density at radius 2 is 2.30 bits per heavy atom.